The lowest BCUT2D eigenvalue weighted by atomic mass is 9.96. The summed E-state index contributed by atoms with van der Waals surface area (Å²) in [6, 6.07) is 22.2. The molecule has 2 nitrogen and oxygen atoms in total. The Balaban J connectivity index is 1.55. The van der Waals surface area contributed by atoms with E-state index in [-0.39, 0.29) is 0 Å². The van der Waals surface area contributed by atoms with E-state index in [1.54, 1.807) is 0 Å². The molecule has 30 heavy (non-hydrogen) atoms. The van der Waals surface area contributed by atoms with E-state index in [1.165, 1.54) is 49.7 Å². The van der Waals surface area contributed by atoms with E-state index < -0.39 is 0 Å². The lowest BCUT2D eigenvalue weighted by molar-refractivity contribution is 0.0390. The van der Waals surface area contributed by atoms with Crippen molar-refractivity contribution < 1.29 is 4.74 Å². The van der Waals surface area contributed by atoms with Crippen LogP contribution in [-0.4, -0.2) is 37.7 Å². The summed E-state index contributed by atoms with van der Waals surface area (Å²) in [5, 5.41) is 2.67. The van der Waals surface area contributed by atoms with Crippen LogP contribution in [0.2, 0.25) is 0 Å². The molecule has 0 N–H and O–H groups in total. The quantitative estimate of drug-likeness (QED) is 0.522. The highest BCUT2D eigenvalue weighted by Gasteiger charge is 2.24. The van der Waals surface area contributed by atoms with Crippen LogP contribution in [0.3, 0.4) is 0 Å². The first-order valence-electron chi connectivity index (χ1n) is 11.0. The van der Waals surface area contributed by atoms with Gasteiger partial charge in [0, 0.05) is 19.6 Å². The predicted octanol–water partition coefficient (Wildman–Crippen LogP) is 6.20. The minimum absolute atomic E-state index is 0.861. The van der Waals surface area contributed by atoms with Gasteiger partial charge in [0.25, 0.3) is 0 Å². The molecule has 1 heterocycles. The fraction of sp³-hybridized carbons (Fsp3) is 0.286. The normalized spacial score (nSPS) is 18.4. The van der Waals surface area contributed by atoms with Crippen LogP contribution >= 0.6 is 0 Å². The first-order chi connectivity index (χ1) is 14.7. The molecule has 1 aliphatic heterocycles. The molecular weight excluding hydrogens is 366 g/mol. The van der Waals surface area contributed by atoms with E-state index in [1.807, 2.05) is 0 Å². The Kier molecular flexibility index (Phi) is 5.28. The SMILES string of the molecule is CC1=C(CCN2CCOCC2)c2ccccc2C1=Cc1ccc(C)c2ccccc12. The number of hydrogen-bond acceptors (Lipinski definition) is 2. The molecule has 0 aromatic heterocycles. The fourth-order valence-electron chi connectivity index (χ4n) is 4.90. The molecule has 3 aromatic carbocycles. The Bertz CT molecular complexity index is 1150. The number of nitrogens with zero attached hydrogens (tertiary/aromatic N) is 1. The molecule has 1 saturated heterocycles. The van der Waals surface area contributed by atoms with Gasteiger partial charge in [-0.15, -0.1) is 0 Å². The van der Waals surface area contributed by atoms with Crippen molar-refractivity contribution in [3.63, 3.8) is 0 Å². The summed E-state index contributed by atoms with van der Waals surface area (Å²) < 4.78 is 5.51. The van der Waals surface area contributed by atoms with Crippen molar-refractivity contribution in [2.75, 3.05) is 32.8 Å². The topological polar surface area (TPSA) is 12.5 Å². The lowest BCUT2D eigenvalue weighted by Gasteiger charge is -2.26. The van der Waals surface area contributed by atoms with Gasteiger partial charge in [0.05, 0.1) is 13.2 Å². The molecule has 0 spiro atoms. The van der Waals surface area contributed by atoms with E-state index in [9.17, 15) is 0 Å². The summed E-state index contributed by atoms with van der Waals surface area (Å²) in [6.07, 6.45) is 3.49. The van der Waals surface area contributed by atoms with Gasteiger partial charge in [0.15, 0.2) is 0 Å². The van der Waals surface area contributed by atoms with Gasteiger partial charge < -0.3 is 4.74 Å². The van der Waals surface area contributed by atoms with Crippen LogP contribution in [0.5, 0.6) is 0 Å². The number of morpholine rings is 1. The second-order valence-corrected chi connectivity index (χ2v) is 8.43. The molecule has 0 atom stereocenters. The highest BCUT2D eigenvalue weighted by atomic mass is 16.5. The summed E-state index contributed by atoms with van der Waals surface area (Å²) in [5.74, 6) is 0. The Hall–Kier alpha value is -2.68. The van der Waals surface area contributed by atoms with Gasteiger partial charge in [0.1, 0.15) is 0 Å². The minimum atomic E-state index is 0.861. The molecule has 1 fully saturated rings. The average molecular weight is 396 g/mol. The monoisotopic (exact) mass is 395 g/mol. The molecule has 0 bridgehead atoms. The van der Waals surface area contributed by atoms with E-state index in [4.69, 9.17) is 4.74 Å². The molecule has 0 saturated carbocycles. The zero-order valence-corrected chi connectivity index (χ0v) is 17.9. The van der Waals surface area contributed by atoms with Crippen LogP contribution in [-0.2, 0) is 4.74 Å². The maximum atomic E-state index is 5.51. The second-order valence-electron chi connectivity index (χ2n) is 8.43. The summed E-state index contributed by atoms with van der Waals surface area (Å²) in [4.78, 5) is 2.53. The van der Waals surface area contributed by atoms with Gasteiger partial charge in [-0.1, -0.05) is 60.7 Å². The van der Waals surface area contributed by atoms with Crippen LogP contribution in [0.1, 0.15) is 35.6 Å². The van der Waals surface area contributed by atoms with E-state index in [0.29, 0.717) is 0 Å². The smallest absolute Gasteiger partial charge is 0.0594 e. The van der Waals surface area contributed by atoms with Crippen LogP contribution in [0, 0.1) is 6.92 Å². The molecule has 0 radical (unpaired) electrons. The highest BCUT2D eigenvalue weighted by molar-refractivity contribution is 6.07. The summed E-state index contributed by atoms with van der Waals surface area (Å²) in [7, 11) is 0. The van der Waals surface area contributed by atoms with Crippen LogP contribution < -0.4 is 0 Å². The van der Waals surface area contributed by atoms with Crippen molar-refractivity contribution in [3.8, 4) is 0 Å². The van der Waals surface area contributed by atoms with Crippen molar-refractivity contribution >= 4 is 28.0 Å². The third-order valence-electron chi connectivity index (χ3n) is 6.66. The van der Waals surface area contributed by atoms with Crippen molar-refractivity contribution in [2.24, 2.45) is 0 Å². The lowest BCUT2D eigenvalue weighted by Crippen LogP contribution is -2.36. The molecule has 1 aliphatic carbocycles. The number of ether oxygens (including phenoxy) is 1. The third kappa shape index (κ3) is 3.51. The number of benzene rings is 3. The van der Waals surface area contributed by atoms with Crippen molar-refractivity contribution in [2.45, 2.75) is 20.3 Å². The largest absolute Gasteiger partial charge is 0.379 e. The maximum Gasteiger partial charge on any atom is 0.0594 e. The van der Waals surface area contributed by atoms with Crippen molar-refractivity contribution in [3.05, 3.63) is 88.5 Å². The number of hydrogen-bond donors (Lipinski definition) is 0. The Morgan fingerprint density at radius 1 is 0.833 bits per heavy atom. The Morgan fingerprint density at radius 2 is 1.53 bits per heavy atom. The maximum absolute atomic E-state index is 5.51. The number of fused-ring (bicyclic) bond motifs is 2. The van der Waals surface area contributed by atoms with Gasteiger partial charge in [0.2, 0.25) is 0 Å². The molecule has 5 rings (SSSR count). The molecule has 3 aromatic rings. The van der Waals surface area contributed by atoms with Crippen LogP contribution in [0.25, 0.3) is 28.0 Å². The molecule has 0 unspecified atom stereocenters. The summed E-state index contributed by atoms with van der Waals surface area (Å²) in [6.45, 7) is 9.42. The van der Waals surface area contributed by atoms with E-state index >= 15 is 0 Å². The Morgan fingerprint density at radius 3 is 2.33 bits per heavy atom. The van der Waals surface area contributed by atoms with E-state index in [2.05, 4.69) is 85.5 Å². The molecule has 2 aliphatic rings. The molecule has 152 valence electrons. The number of rotatable bonds is 4. The zero-order valence-electron chi connectivity index (χ0n) is 17.9. The Labute approximate surface area is 179 Å². The standard InChI is InChI=1S/C28H29NO/c1-20-11-12-22(25-8-4-3-7-23(20)25)19-28-21(2)24(26-9-5-6-10-27(26)28)13-14-29-15-17-30-18-16-29/h3-12,19H,13-18H2,1-2H3. The van der Waals surface area contributed by atoms with Gasteiger partial charge in [-0.3, -0.25) is 4.90 Å². The summed E-state index contributed by atoms with van der Waals surface area (Å²) in [5.41, 5.74) is 9.71. The van der Waals surface area contributed by atoms with Crippen molar-refractivity contribution in [1.29, 1.82) is 0 Å². The average Bonchev–Trinajstić information content (AvgIpc) is 3.06. The van der Waals surface area contributed by atoms with Gasteiger partial charge in [-0.25, -0.2) is 0 Å². The first kappa shape index (κ1) is 19.3. The van der Waals surface area contributed by atoms with Crippen LogP contribution in [0.4, 0.5) is 0 Å². The molecule has 0 amide bonds. The first-order valence-corrected chi connectivity index (χ1v) is 11.0. The van der Waals surface area contributed by atoms with Crippen LogP contribution in [0.15, 0.2) is 66.2 Å². The number of aryl methyl sites for hydroxylation is 1. The minimum Gasteiger partial charge on any atom is -0.379 e. The van der Waals surface area contributed by atoms with E-state index in [0.717, 1.165) is 39.3 Å². The molecular formula is C28H29NO. The predicted molar refractivity (Wildman–Crippen MR) is 127 cm³/mol. The number of allylic oxidation sites excluding steroid dienone is 2. The zero-order chi connectivity index (χ0) is 20.5. The summed E-state index contributed by atoms with van der Waals surface area (Å²) >= 11 is 0. The second kappa shape index (κ2) is 8.22. The van der Waals surface area contributed by atoms with Gasteiger partial charge in [-0.2, -0.15) is 0 Å². The fourth-order valence-corrected chi connectivity index (χ4v) is 4.90. The van der Waals surface area contributed by atoms with Gasteiger partial charge in [-0.05, 0) is 76.1 Å². The van der Waals surface area contributed by atoms with Crippen molar-refractivity contribution in [1.82, 2.24) is 4.90 Å². The third-order valence-corrected chi connectivity index (χ3v) is 6.66. The van der Waals surface area contributed by atoms with Gasteiger partial charge >= 0.3 is 0 Å². The highest BCUT2D eigenvalue weighted by Crippen LogP contribution is 2.44. The molecule has 2 heteroatoms.